The van der Waals surface area contributed by atoms with Crippen LogP contribution in [0, 0.1) is 0 Å². The van der Waals surface area contributed by atoms with Crippen molar-refractivity contribution in [3.8, 4) is 5.75 Å². The van der Waals surface area contributed by atoms with Crippen molar-refractivity contribution in [2.75, 3.05) is 53.0 Å². The highest BCUT2D eigenvalue weighted by Gasteiger charge is 2.28. The molecule has 2 aromatic rings. The fourth-order valence-corrected chi connectivity index (χ4v) is 5.82. The summed E-state index contributed by atoms with van der Waals surface area (Å²) in [5.41, 5.74) is 1.45. The van der Waals surface area contributed by atoms with Crippen LogP contribution in [0.15, 0.2) is 53.4 Å². The standard InChI is InChI=1S/C24H31N3O5S/c1-31-21-9-7-19(8-10-21)23(26-11-2-3-12-26)18-25-24(28)20-5-4-6-22(17-20)33(29,30)27-13-15-32-16-14-27/h4-10,17,23H,2-3,11-16,18H2,1H3,(H,25,28)/t23-/m1/s1. The predicted molar refractivity (Wildman–Crippen MR) is 125 cm³/mol. The molecule has 2 aromatic carbocycles. The molecule has 1 atom stereocenters. The second-order valence-electron chi connectivity index (χ2n) is 8.29. The van der Waals surface area contributed by atoms with Crippen LogP contribution in [0.2, 0.25) is 0 Å². The molecule has 2 aliphatic rings. The van der Waals surface area contributed by atoms with Gasteiger partial charge in [0, 0.05) is 25.2 Å². The Balaban J connectivity index is 1.47. The third-order valence-electron chi connectivity index (χ3n) is 6.24. The van der Waals surface area contributed by atoms with Crippen LogP contribution in [-0.4, -0.2) is 76.6 Å². The van der Waals surface area contributed by atoms with Crippen molar-refractivity contribution in [3.05, 3.63) is 59.7 Å². The summed E-state index contributed by atoms with van der Waals surface area (Å²) in [5, 5.41) is 3.02. The molecule has 0 spiro atoms. The van der Waals surface area contributed by atoms with Crippen LogP contribution in [0.25, 0.3) is 0 Å². The summed E-state index contributed by atoms with van der Waals surface area (Å²) in [4.78, 5) is 15.5. The Hall–Kier alpha value is -2.46. The van der Waals surface area contributed by atoms with E-state index in [1.807, 2.05) is 24.3 Å². The quantitative estimate of drug-likeness (QED) is 0.633. The lowest BCUT2D eigenvalue weighted by Crippen LogP contribution is -2.40. The molecule has 1 N–H and O–H groups in total. The Kier molecular flexibility index (Phi) is 7.64. The van der Waals surface area contributed by atoms with Gasteiger partial charge in [-0.2, -0.15) is 4.31 Å². The van der Waals surface area contributed by atoms with E-state index in [0.29, 0.717) is 38.4 Å². The summed E-state index contributed by atoms with van der Waals surface area (Å²) in [7, 11) is -2.02. The van der Waals surface area contributed by atoms with Gasteiger partial charge in [0.2, 0.25) is 10.0 Å². The van der Waals surface area contributed by atoms with Crippen LogP contribution in [0.1, 0.15) is 34.8 Å². The number of amides is 1. The number of carbonyl (C=O) groups excluding carboxylic acids is 1. The molecule has 0 unspecified atom stereocenters. The molecule has 0 aliphatic carbocycles. The minimum atomic E-state index is -3.66. The number of nitrogens with zero attached hydrogens (tertiary/aromatic N) is 2. The molecule has 0 radical (unpaired) electrons. The molecule has 8 nitrogen and oxygen atoms in total. The van der Waals surface area contributed by atoms with E-state index in [9.17, 15) is 13.2 Å². The number of methoxy groups -OCH3 is 1. The molecule has 178 valence electrons. The number of benzene rings is 2. The van der Waals surface area contributed by atoms with Crippen LogP contribution < -0.4 is 10.1 Å². The Bertz CT molecular complexity index is 1050. The molecule has 2 saturated heterocycles. The zero-order valence-electron chi connectivity index (χ0n) is 18.9. The highest BCUT2D eigenvalue weighted by molar-refractivity contribution is 7.89. The molecular formula is C24H31N3O5S. The fourth-order valence-electron chi connectivity index (χ4n) is 4.36. The number of likely N-dealkylation sites (tertiary alicyclic amines) is 1. The molecule has 4 rings (SSSR count). The highest BCUT2D eigenvalue weighted by atomic mass is 32.2. The fraction of sp³-hybridized carbons (Fsp3) is 0.458. The lowest BCUT2D eigenvalue weighted by Gasteiger charge is -2.28. The average Bonchev–Trinajstić information content (AvgIpc) is 3.40. The number of sulfonamides is 1. The lowest BCUT2D eigenvalue weighted by atomic mass is 10.0. The summed E-state index contributed by atoms with van der Waals surface area (Å²) >= 11 is 0. The van der Waals surface area contributed by atoms with Gasteiger partial charge in [0.25, 0.3) is 5.91 Å². The van der Waals surface area contributed by atoms with Crippen molar-refractivity contribution in [1.82, 2.24) is 14.5 Å². The number of ether oxygens (including phenoxy) is 2. The van der Waals surface area contributed by atoms with Crippen molar-refractivity contribution < 1.29 is 22.7 Å². The molecule has 2 fully saturated rings. The van der Waals surface area contributed by atoms with Crippen molar-refractivity contribution >= 4 is 15.9 Å². The van der Waals surface area contributed by atoms with E-state index in [0.717, 1.165) is 37.2 Å². The van der Waals surface area contributed by atoms with Crippen LogP contribution in [0.3, 0.4) is 0 Å². The molecule has 33 heavy (non-hydrogen) atoms. The number of nitrogens with one attached hydrogen (secondary N) is 1. The highest BCUT2D eigenvalue weighted by Crippen LogP contribution is 2.26. The van der Waals surface area contributed by atoms with Crippen LogP contribution in [0.4, 0.5) is 0 Å². The van der Waals surface area contributed by atoms with Crippen molar-refractivity contribution in [2.45, 2.75) is 23.8 Å². The first-order valence-corrected chi connectivity index (χ1v) is 12.8. The number of carbonyl (C=O) groups is 1. The summed E-state index contributed by atoms with van der Waals surface area (Å²) in [6.07, 6.45) is 2.28. The van der Waals surface area contributed by atoms with E-state index >= 15 is 0 Å². The van der Waals surface area contributed by atoms with Gasteiger partial charge in [-0.15, -0.1) is 0 Å². The maximum Gasteiger partial charge on any atom is 0.251 e. The smallest absolute Gasteiger partial charge is 0.251 e. The van der Waals surface area contributed by atoms with Crippen LogP contribution in [-0.2, 0) is 14.8 Å². The first-order chi connectivity index (χ1) is 16.0. The van der Waals surface area contributed by atoms with Gasteiger partial charge in [-0.3, -0.25) is 9.69 Å². The van der Waals surface area contributed by atoms with Gasteiger partial charge in [0.05, 0.1) is 31.3 Å². The lowest BCUT2D eigenvalue weighted by molar-refractivity contribution is 0.0730. The Morgan fingerprint density at radius 3 is 2.42 bits per heavy atom. The van der Waals surface area contributed by atoms with E-state index in [4.69, 9.17) is 9.47 Å². The van der Waals surface area contributed by atoms with Gasteiger partial charge >= 0.3 is 0 Å². The Labute approximate surface area is 195 Å². The molecule has 0 saturated carbocycles. The van der Waals surface area contributed by atoms with Gasteiger partial charge in [-0.25, -0.2) is 8.42 Å². The van der Waals surface area contributed by atoms with Crippen molar-refractivity contribution in [1.29, 1.82) is 0 Å². The summed E-state index contributed by atoms with van der Waals surface area (Å²) in [5.74, 6) is 0.507. The van der Waals surface area contributed by atoms with E-state index in [2.05, 4.69) is 10.2 Å². The topological polar surface area (TPSA) is 88.2 Å². The first kappa shape index (κ1) is 23.7. The Morgan fingerprint density at radius 1 is 1.06 bits per heavy atom. The monoisotopic (exact) mass is 473 g/mol. The van der Waals surface area contributed by atoms with Crippen molar-refractivity contribution in [3.63, 3.8) is 0 Å². The van der Waals surface area contributed by atoms with E-state index in [-0.39, 0.29) is 16.8 Å². The molecule has 2 aliphatic heterocycles. The molecule has 0 aromatic heterocycles. The maximum atomic E-state index is 13.0. The zero-order valence-corrected chi connectivity index (χ0v) is 19.7. The number of hydrogen-bond donors (Lipinski definition) is 1. The van der Waals surface area contributed by atoms with Gasteiger partial charge in [0.1, 0.15) is 5.75 Å². The summed E-state index contributed by atoms with van der Waals surface area (Å²) in [6.45, 7) is 3.80. The van der Waals surface area contributed by atoms with Crippen molar-refractivity contribution in [2.24, 2.45) is 0 Å². The molecule has 9 heteroatoms. The summed E-state index contributed by atoms with van der Waals surface area (Å²) < 4.78 is 37.9. The molecular weight excluding hydrogens is 442 g/mol. The zero-order chi connectivity index (χ0) is 23.3. The Morgan fingerprint density at radius 2 is 1.76 bits per heavy atom. The minimum absolute atomic E-state index is 0.0441. The van der Waals surface area contributed by atoms with Gasteiger partial charge < -0.3 is 14.8 Å². The van der Waals surface area contributed by atoms with Gasteiger partial charge in [-0.05, 0) is 61.8 Å². The normalized spacial score (nSPS) is 18.7. The van der Waals surface area contributed by atoms with E-state index in [1.165, 1.54) is 16.4 Å². The minimum Gasteiger partial charge on any atom is -0.497 e. The molecule has 2 heterocycles. The maximum absolute atomic E-state index is 13.0. The average molecular weight is 474 g/mol. The second kappa shape index (κ2) is 10.6. The third-order valence-corrected chi connectivity index (χ3v) is 8.14. The van der Waals surface area contributed by atoms with Gasteiger partial charge in [-0.1, -0.05) is 18.2 Å². The first-order valence-electron chi connectivity index (χ1n) is 11.3. The van der Waals surface area contributed by atoms with Crippen LogP contribution >= 0.6 is 0 Å². The van der Waals surface area contributed by atoms with Crippen LogP contribution in [0.5, 0.6) is 5.75 Å². The molecule has 1 amide bonds. The summed E-state index contributed by atoms with van der Waals surface area (Å²) in [6, 6.07) is 14.2. The number of morpholine rings is 1. The van der Waals surface area contributed by atoms with E-state index < -0.39 is 10.0 Å². The SMILES string of the molecule is COc1ccc([C@@H](CNC(=O)c2cccc(S(=O)(=O)N3CCOCC3)c2)N2CCCC2)cc1. The third kappa shape index (κ3) is 5.55. The number of hydrogen-bond acceptors (Lipinski definition) is 6. The van der Waals surface area contributed by atoms with Gasteiger partial charge in [0.15, 0.2) is 0 Å². The second-order valence-corrected chi connectivity index (χ2v) is 10.2. The largest absolute Gasteiger partial charge is 0.497 e. The molecule has 0 bridgehead atoms. The number of rotatable bonds is 8. The van der Waals surface area contributed by atoms with E-state index in [1.54, 1.807) is 19.2 Å². The predicted octanol–water partition coefficient (Wildman–Crippen LogP) is 2.28.